The van der Waals surface area contributed by atoms with Gasteiger partial charge in [0.1, 0.15) is 0 Å². The van der Waals surface area contributed by atoms with Crippen LogP contribution in [-0.4, -0.2) is 25.8 Å². The average Bonchev–Trinajstić information content (AvgIpc) is 2.32. The predicted octanol–water partition coefficient (Wildman–Crippen LogP) is 3.59. The van der Waals surface area contributed by atoms with E-state index in [1.807, 2.05) is 6.07 Å². The molecule has 0 saturated heterocycles. The Hall–Kier alpha value is -0.570. The predicted molar refractivity (Wildman–Crippen MR) is 78.4 cm³/mol. The van der Waals surface area contributed by atoms with Gasteiger partial charge < -0.3 is 10.1 Å². The lowest BCUT2D eigenvalue weighted by Gasteiger charge is -2.21. The van der Waals surface area contributed by atoms with Gasteiger partial charge >= 0.3 is 0 Å². The largest absolute Gasteiger partial charge is 0.382 e. The molecular weight excluding hydrogens is 246 g/mol. The number of likely N-dealkylation sites (N-methyl/N-ethyl adjacent to an activating group) is 1. The van der Waals surface area contributed by atoms with Crippen molar-refractivity contribution >= 4 is 11.6 Å². The number of hydrogen-bond acceptors (Lipinski definition) is 2. The van der Waals surface area contributed by atoms with Gasteiger partial charge in [-0.05, 0) is 50.4 Å². The fourth-order valence-corrected chi connectivity index (χ4v) is 2.42. The second-order valence-electron chi connectivity index (χ2n) is 4.84. The van der Waals surface area contributed by atoms with Gasteiger partial charge in [-0.1, -0.05) is 30.7 Å². The van der Waals surface area contributed by atoms with Crippen molar-refractivity contribution in [3.8, 4) is 0 Å². The Balaban J connectivity index is 2.69. The van der Waals surface area contributed by atoms with Crippen LogP contribution in [0.4, 0.5) is 0 Å². The van der Waals surface area contributed by atoms with Gasteiger partial charge in [0.25, 0.3) is 0 Å². The molecule has 2 unspecified atom stereocenters. The molecule has 102 valence electrons. The molecule has 0 aliphatic carbocycles. The summed E-state index contributed by atoms with van der Waals surface area (Å²) in [5.41, 5.74) is 2.41. The second kappa shape index (κ2) is 7.78. The zero-order valence-electron chi connectivity index (χ0n) is 11.8. The monoisotopic (exact) mass is 269 g/mol. The Morgan fingerprint density at radius 1 is 1.39 bits per heavy atom. The fraction of sp³-hybridized carbons (Fsp3) is 0.600. The van der Waals surface area contributed by atoms with Crippen LogP contribution in [0.5, 0.6) is 0 Å². The summed E-state index contributed by atoms with van der Waals surface area (Å²) in [5.74, 6) is 0. The molecule has 1 N–H and O–H groups in total. The van der Waals surface area contributed by atoms with Crippen molar-refractivity contribution in [2.75, 3.05) is 13.7 Å². The van der Waals surface area contributed by atoms with E-state index in [4.69, 9.17) is 16.3 Å². The van der Waals surface area contributed by atoms with E-state index in [0.717, 1.165) is 24.4 Å². The van der Waals surface area contributed by atoms with Crippen molar-refractivity contribution in [2.45, 2.75) is 45.8 Å². The van der Waals surface area contributed by atoms with Crippen LogP contribution in [0.3, 0.4) is 0 Å². The second-order valence-corrected chi connectivity index (χ2v) is 5.24. The molecule has 1 aromatic rings. The van der Waals surface area contributed by atoms with Gasteiger partial charge in [0, 0.05) is 18.2 Å². The van der Waals surface area contributed by atoms with Crippen molar-refractivity contribution in [2.24, 2.45) is 0 Å². The molecule has 0 aromatic heterocycles. The molecule has 2 nitrogen and oxygen atoms in total. The third-order valence-electron chi connectivity index (χ3n) is 3.19. The van der Waals surface area contributed by atoms with Crippen LogP contribution in [0.25, 0.3) is 0 Å². The molecule has 2 atom stereocenters. The number of aryl methyl sites for hydroxylation is 1. The van der Waals surface area contributed by atoms with Crippen molar-refractivity contribution in [3.05, 3.63) is 34.3 Å². The van der Waals surface area contributed by atoms with Crippen molar-refractivity contribution in [1.82, 2.24) is 5.32 Å². The number of nitrogens with one attached hydrogen (secondary N) is 1. The third-order valence-corrected chi connectivity index (χ3v) is 3.54. The maximum Gasteiger partial charge on any atom is 0.0558 e. The number of rotatable bonds is 7. The summed E-state index contributed by atoms with van der Waals surface area (Å²) in [4.78, 5) is 0. The van der Waals surface area contributed by atoms with Crippen LogP contribution in [0.15, 0.2) is 18.2 Å². The zero-order valence-corrected chi connectivity index (χ0v) is 12.6. The molecule has 0 fully saturated rings. The minimum absolute atomic E-state index is 0.262. The average molecular weight is 270 g/mol. The summed E-state index contributed by atoms with van der Waals surface area (Å²) < 4.78 is 5.34. The van der Waals surface area contributed by atoms with Crippen molar-refractivity contribution in [1.29, 1.82) is 0 Å². The molecule has 0 radical (unpaired) electrons. The summed E-state index contributed by atoms with van der Waals surface area (Å²) in [5, 5.41) is 4.36. The lowest BCUT2D eigenvalue weighted by molar-refractivity contribution is 0.101. The van der Waals surface area contributed by atoms with Gasteiger partial charge in [-0.25, -0.2) is 0 Å². The molecular formula is C15H24ClNO. The van der Waals surface area contributed by atoms with Crippen LogP contribution < -0.4 is 5.32 Å². The normalized spacial score (nSPS) is 14.5. The van der Waals surface area contributed by atoms with E-state index in [-0.39, 0.29) is 6.10 Å². The van der Waals surface area contributed by atoms with Gasteiger partial charge in [0.15, 0.2) is 0 Å². The number of methoxy groups -OCH3 is 1. The quantitative estimate of drug-likeness (QED) is 0.817. The first-order valence-electron chi connectivity index (χ1n) is 6.58. The Kier molecular flexibility index (Phi) is 6.69. The first-order chi connectivity index (χ1) is 8.56. The van der Waals surface area contributed by atoms with Gasteiger partial charge in [-0.15, -0.1) is 0 Å². The van der Waals surface area contributed by atoms with Crippen molar-refractivity contribution in [3.63, 3.8) is 0 Å². The summed E-state index contributed by atoms with van der Waals surface area (Å²) >= 11 is 6.29. The molecule has 1 aromatic carbocycles. The fourth-order valence-electron chi connectivity index (χ4n) is 2.11. The Morgan fingerprint density at radius 3 is 2.67 bits per heavy atom. The van der Waals surface area contributed by atoms with Crippen LogP contribution in [0.1, 0.15) is 31.4 Å². The van der Waals surface area contributed by atoms with E-state index in [2.05, 4.69) is 38.2 Å². The number of ether oxygens (including phenoxy) is 1. The topological polar surface area (TPSA) is 21.3 Å². The molecule has 0 spiro atoms. The van der Waals surface area contributed by atoms with Crippen LogP contribution in [0.2, 0.25) is 5.02 Å². The van der Waals surface area contributed by atoms with Crippen LogP contribution >= 0.6 is 11.6 Å². The van der Waals surface area contributed by atoms with Crippen molar-refractivity contribution < 1.29 is 4.74 Å². The zero-order chi connectivity index (χ0) is 13.5. The summed E-state index contributed by atoms with van der Waals surface area (Å²) in [7, 11) is 1.76. The standard InChI is InChI=1S/C15H24ClNO/c1-5-17-14(9-12(3)18-4)10-13-7-6-11(2)8-15(13)16/h6-8,12,14,17H,5,9-10H2,1-4H3. The highest BCUT2D eigenvalue weighted by atomic mass is 35.5. The minimum Gasteiger partial charge on any atom is -0.382 e. The highest BCUT2D eigenvalue weighted by Crippen LogP contribution is 2.20. The first kappa shape index (κ1) is 15.5. The SMILES string of the molecule is CCNC(Cc1ccc(C)cc1Cl)CC(C)OC. The van der Waals surface area contributed by atoms with E-state index >= 15 is 0 Å². The van der Waals surface area contributed by atoms with Gasteiger partial charge in [-0.2, -0.15) is 0 Å². The highest BCUT2D eigenvalue weighted by molar-refractivity contribution is 6.31. The van der Waals surface area contributed by atoms with Gasteiger partial charge in [-0.3, -0.25) is 0 Å². The smallest absolute Gasteiger partial charge is 0.0558 e. The maximum absolute atomic E-state index is 6.29. The van der Waals surface area contributed by atoms with E-state index in [1.54, 1.807) is 7.11 Å². The van der Waals surface area contributed by atoms with Crippen LogP contribution in [-0.2, 0) is 11.2 Å². The molecule has 0 amide bonds. The Labute approximate surface area is 116 Å². The highest BCUT2D eigenvalue weighted by Gasteiger charge is 2.14. The molecule has 0 aliphatic rings. The minimum atomic E-state index is 0.262. The number of hydrogen-bond donors (Lipinski definition) is 1. The maximum atomic E-state index is 6.29. The lowest BCUT2D eigenvalue weighted by atomic mass is 10.00. The summed E-state index contributed by atoms with van der Waals surface area (Å²) in [6.45, 7) is 7.25. The lowest BCUT2D eigenvalue weighted by Crippen LogP contribution is -2.34. The summed E-state index contributed by atoms with van der Waals surface area (Å²) in [6, 6.07) is 6.67. The number of benzene rings is 1. The Morgan fingerprint density at radius 2 is 2.11 bits per heavy atom. The van der Waals surface area contributed by atoms with Gasteiger partial charge in [0.05, 0.1) is 6.10 Å². The molecule has 1 rings (SSSR count). The third kappa shape index (κ3) is 4.97. The molecule has 0 bridgehead atoms. The van der Waals surface area contributed by atoms with E-state index in [9.17, 15) is 0 Å². The van der Waals surface area contributed by atoms with E-state index in [1.165, 1.54) is 11.1 Å². The number of halogens is 1. The molecule has 0 aliphatic heterocycles. The van der Waals surface area contributed by atoms with E-state index in [0.29, 0.717) is 6.04 Å². The van der Waals surface area contributed by atoms with Crippen LogP contribution in [0, 0.1) is 6.92 Å². The van der Waals surface area contributed by atoms with E-state index < -0.39 is 0 Å². The van der Waals surface area contributed by atoms with Gasteiger partial charge in [0.2, 0.25) is 0 Å². The molecule has 0 heterocycles. The summed E-state index contributed by atoms with van der Waals surface area (Å²) in [6.07, 6.45) is 2.20. The molecule has 3 heteroatoms. The molecule has 0 saturated carbocycles. The Bertz CT molecular complexity index is 368. The first-order valence-corrected chi connectivity index (χ1v) is 6.95. The molecule has 18 heavy (non-hydrogen) atoms.